The summed E-state index contributed by atoms with van der Waals surface area (Å²) in [7, 11) is -4.37. The zero-order valence-electron chi connectivity index (χ0n) is 11.3. The summed E-state index contributed by atoms with van der Waals surface area (Å²) in [5, 5.41) is 10.1. The molecule has 0 bridgehead atoms. The summed E-state index contributed by atoms with van der Waals surface area (Å²) < 4.78 is 31.7. The molecule has 0 aliphatic heterocycles. The van der Waals surface area contributed by atoms with E-state index in [-0.39, 0.29) is 21.7 Å². The van der Waals surface area contributed by atoms with Crippen LogP contribution in [0.25, 0.3) is 5.69 Å². The van der Waals surface area contributed by atoms with E-state index in [1.54, 1.807) is 0 Å². The van der Waals surface area contributed by atoms with Crippen LogP contribution < -0.4 is 11.3 Å². The Balaban J connectivity index is 2.71. The number of rotatable bonds is 3. The predicted molar refractivity (Wildman–Crippen MR) is 76.8 cm³/mol. The second-order valence-corrected chi connectivity index (χ2v) is 5.95. The van der Waals surface area contributed by atoms with Gasteiger partial charge in [-0.15, -0.1) is 0 Å². The first-order valence-corrected chi connectivity index (χ1v) is 7.40. The molecule has 0 spiro atoms. The smallest absolute Gasteiger partial charge is 0.294 e. The average molecular weight is 324 g/mol. The maximum atomic E-state index is 12.0. The Kier molecular flexibility index (Phi) is 3.77. The number of aromatic hydroxyl groups is 1. The van der Waals surface area contributed by atoms with Crippen LogP contribution in [0.2, 0.25) is 0 Å². The lowest BCUT2D eigenvalue weighted by Crippen LogP contribution is -2.23. The molecule has 2 rings (SSSR count). The van der Waals surface area contributed by atoms with E-state index in [9.17, 15) is 23.1 Å². The highest BCUT2D eigenvalue weighted by molar-refractivity contribution is 7.85. The van der Waals surface area contributed by atoms with Gasteiger partial charge in [-0.1, -0.05) is 0 Å². The third-order valence-electron chi connectivity index (χ3n) is 3.03. The lowest BCUT2D eigenvalue weighted by Gasteiger charge is -2.13. The summed E-state index contributed by atoms with van der Waals surface area (Å²) >= 11 is 0. The highest BCUT2D eigenvalue weighted by atomic mass is 32.2. The second-order valence-electron chi connectivity index (χ2n) is 4.53. The van der Waals surface area contributed by atoms with Gasteiger partial charge >= 0.3 is 0 Å². The molecule has 4 N–H and O–H groups in total. The summed E-state index contributed by atoms with van der Waals surface area (Å²) in [5.74, 6) is -1.55. The molecule has 0 aliphatic rings. The van der Waals surface area contributed by atoms with Crippen molar-refractivity contribution in [3.63, 3.8) is 0 Å². The molecule has 2 aromatic rings. The standard InChI is InChI=1S/C13H12N2O6S/c1-7-6-10(16)15(13(18)11(7)12(14)17)8-2-4-9(5-3-8)22(19,20)21/h2-6,18H,1H3,(H2,14,17)(H,19,20,21). The van der Waals surface area contributed by atoms with Crippen LogP contribution in [0.3, 0.4) is 0 Å². The van der Waals surface area contributed by atoms with E-state index >= 15 is 0 Å². The highest BCUT2D eigenvalue weighted by Crippen LogP contribution is 2.22. The molecule has 1 heterocycles. The van der Waals surface area contributed by atoms with Gasteiger partial charge in [0.05, 0.1) is 10.6 Å². The third-order valence-corrected chi connectivity index (χ3v) is 3.90. The largest absolute Gasteiger partial charge is 0.494 e. The number of carbonyl (C=O) groups is 1. The summed E-state index contributed by atoms with van der Waals surface area (Å²) in [6.07, 6.45) is 0. The van der Waals surface area contributed by atoms with Crippen LogP contribution in [0, 0.1) is 6.92 Å². The van der Waals surface area contributed by atoms with Crippen LogP contribution in [0.5, 0.6) is 5.88 Å². The van der Waals surface area contributed by atoms with E-state index in [1.807, 2.05) is 0 Å². The van der Waals surface area contributed by atoms with Crippen molar-refractivity contribution in [2.75, 3.05) is 0 Å². The molecule has 116 valence electrons. The van der Waals surface area contributed by atoms with Crippen LogP contribution in [0.15, 0.2) is 40.0 Å². The Hall–Kier alpha value is -2.65. The SMILES string of the molecule is Cc1cc(=O)n(-c2ccc(S(=O)(=O)O)cc2)c(O)c1C(N)=O. The highest BCUT2D eigenvalue weighted by Gasteiger charge is 2.18. The molecule has 8 nitrogen and oxygen atoms in total. The second kappa shape index (κ2) is 5.28. The maximum Gasteiger partial charge on any atom is 0.294 e. The molecule has 0 unspecified atom stereocenters. The average Bonchev–Trinajstić information content (AvgIpc) is 2.37. The number of hydrogen-bond donors (Lipinski definition) is 3. The van der Waals surface area contributed by atoms with E-state index in [0.717, 1.165) is 22.8 Å². The summed E-state index contributed by atoms with van der Waals surface area (Å²) in [4.78, 5) is 23.0. The third kappa shape index (κ3) is 2.71. The monoisotopic (exact) mass is 324 g/mol. The van der Waals surface area contributed by atoms with Crippen LogP contribution in [0.4, 0.5) is 0 Å². The maximum absolute atomic E-state index is 12.0. The molecule has 0 radical (unpaired) electrons. The fraction of sp³-hybridized carbons (Fsp3) is 0.0769. The summed E-state index contributed by atoms with van der Waals surface area (Å²) in [6, 6.07) is 5.63. The molecule has 0 fully saturated rings. The Labute approximate surface area is 125 Å². The van der Waals surface area contributed by atoms with Crippen LogP contribution in [-0.4, -0.2) is 28.6 Å². The number of amides is 1. The van der Waals surface area contributed by atoms with E-state index in [2.05, 4.69) is 0 Å². The molecule has 1 amide bonds. The molecule has 0 atom stereocenters. The van der Waals surface area contributed by atoms with E-state index in [1.165, 1.54) is 19.1 Å². The van der Waals surface area contributed by atoms with Gasteiger partial charge in [0.25, 0.3) is 21.6 Å². The van der Waals surface area contributed by atoms with E-state index in [0.29, 0.717) is 0 Å². The first-order chi connectivity index (χ1) is 10.1. The van der Waals surface area contributed by atoms with Crippen molar-refractivity contribution in [1.82, 2.24) is 4.57 Å². The Morgan fingerprint density at radius 2 is 1.77 bits per heavy atom. The summed E-state index contributed by atoms with van der Waals surface area (Å²) in [5.41, 5.74) is 4.66. The number of carbonyl (C=O) groups excluding carboxylic acids is 1. The van der Waals surface area contributed by atoms with Gasteiger partial charge in [0.15, 0.2) is 0 Å². The molecule has 1 aromatic heterocycles. The lowest BCUT2D eigenvalue weighted by atomic mass is 10.1. The molecule has 9 heteroatoms. The number of aromatic nitrogens is 1. The Bertz CT molecular complexity index is 913. The van der Waals surface area contributed by atoms with E-state index < -0.39 is 27.5 Å². The van der Waals surface area contributed by atoms with Crippen LogP contribution >= 0.6 is 0 Å². The fourth-order valence-corrected chi connectivity index (χ4v) is 2.52. The topological polar surface area (TPSA) is 140 Å². The van der Waals surface area contributed by atoms with Gasteiger partial charge in [0, 0.05) is 6.07 Å². The van der Waals surface area contributed by atoms with Gasteiger partial charge in [-0.3, -0.25) is 14.1 Å². The molecule has 0 saturated heterocycles. The molecule has 0 aliphatic carbocycles. The van der Waals surface area contributed by atoms with Crippen molar-refractivity contribution < 1.29 is 22.9 Å². The van der Waals surface area contributed by atoms with Crippen molar-refractivity contribution in [1.29, 1.82) is 0 Å². The van der Waals surface area contributed by atoms with Gasteiger partial charge < -0.3 is 10.8 Å². The summed E-state index contributed by atoms with van der Waals surface area (Å²) in [6.45, 7) is 1.45. The fourth-order valence-electron chi connectivity index (χ4n) is 2.04. The molecule has 0 saturated carbocycles. The van der Waals surface area contributed by atoms with E-state index in [4.69, 9.17) is 10.3 Å². The number of hydrogen-bond acceptors (Lipinski definition) is 5. The number of benzene rings is 1. The first-order valence-electron chi connectivity index (χ1n) is 5.96. The lowest BCUT2D eigenvalue weighted by molar-refractivity contribution is 0.0996. The minimum atomic E-state index is -4.37. The zero-order valence-corrected chi connectivity index (χ0v) is 12.2. The zero-order chi connectivity index (χ0) is 16.7. The first kappa shape index (κ1) is 15.7. The minimum absolute atomic E-state index is 0.109. The number of pyridine rings is 1. The molecular weight excluding hydrogens is 312 g/mol. The van der Waals surface area contributed by atoms with Crippen LogP contribution in [0.1, 0.15) is 15.9 Å². The molecule has 22 heavy (non-hydrogen) atoms. The number of aryl methyl sites for hydroxylation is 1. The van der Waals surface area contributed by atoms with Gasteiger partial charge in [-0.05, 0) is 36.8 Å². The van der Waals surface area contributed by atoms with Crippen molar-refractivity contribution in [3.05, 3.63) is 51.8 Å². The van der Waals surface area contributed by atoms with Crippen molar-refractivity contribution in [2.24, 2.45) is 5.73 Å². The Morgan fingerprint density at radius 1 is 1.23 bits per heavy atom. The predicted octanol–water partition coefficient (Wildman–Crippen LogP) is 0.197. The van der Waals surface area contributed by atoms with Gasteiger partial charge in [0.1, 0.15) is 5.56 Å². The molecular formula is C13H12N2O6S. The number of primary amides is 1. The van der Waals surface area contributed by atoms with Crippen molar-refractivity contribution in [2.45, 2.75) is 11.8 Å². The quantitative estimate of drug-likeness (QED) is 0.689. The number of nitrogens with zero attached hydrogens (tertiary/aromatic N) is 1. The Morgan fingerprint density at radius 3 is 2.23 bits per heavy atom. The van der Waals surface area contributed by atoms with Crippen LogP contribution in [-0.2, 0) is 10.1 Å². The minimum Gasteiger partial charge on any atom is -0.494 e. The molecule has 1 aromatic carbocycles. The van der Waals surface area contributed by atoms with Crippen molar-refractivity contribution in [3.8, 4) is 11.6 Å². The normalized spacial score (nSPS) is 11.4. The van der Waals surface area contributed by atoms with Crippen molar-refractivity contribution >= 4 is 16.0 Å². The van der Waals surface area contributed by atoms with Gasteiger partial charge in [-0.25, -0.2) is 4.57 Å². The number of nitrogens with two attached hydrogens (primary N) is 1. The van der Waals surface area contributed by atoms with Gasteiger partial charge in [0.2, 0.25) is 5.88 Å². The van der Waals surface area contributed by atoms with Gasteiger partial charge in [-0.2, -0.15) is 8.42 Å².